The number of hydrogen-bond donors (Lipinski definition) is 4. The van der Waals surface area contributed by atoms with Crippen LogP contribution in [-0.2, 0) is 28.8 Å². The smallest absolute Gasteiger partial charge is 0.287 e. The maximum absolute atomic E-state index is 14.3. The van der Waals surface area contributed by atoms with Crippen LogP contribution < -0.4 is 21.7 Å². The predicted octanol–water partition coefficient (Wildman–Crippen LogP) is 1.03. The largest absolute Gasteiger partial charge is 0.363 e. The van der Waals surface area contributed by atoms with E-state index in [2.05, 4.69) is 29.8 Å². The quantitative estimate of drug-likeness (QED) is 0.254. The standard InChI is InChI=1S/C30H47N5O6/c1-15(2)22(32-16(3)36)27(39)34-23(18-9-7-6-8-10-18)29(41)35-14-19-21(30(19,4)5)24(35)28(40)33-20(13-17-11-12-17)25(37)26(31)38/h15,17-24H,6-14H2,1-5H3,(H2,31,38)(H,32,36)(H,33,40)(H,34,39)/t19-,20?,21-,22?,23?,24?/m0/s1. The van der Waals surface area contributed by atoms with E-state index in [9.17, 15) is 28.8 Å². The van der Waals surface area contributed by atoms with E-state index in [-0.39, 0.29) is 46.8 Å². The molecule has 0 radical (unpaired) electrons. The summed E-state index contributed by atoms with van der Waals surface area (Å²) in [4.78, 5) is 79.2. The minimum atomic E-state index is -1.08. The molecule has 0 bridgehead atoms. The van der Waals surface area contributed by atoms with Crippen molar-refractivity contribution in [3.8, 4) is 0 Å². The van der Waals surface area contributed by atoms with E-state index in [1.54, 1.807) is 4.90 Å². The third-order valence-electron chi connectivity index (χ3n) is 9.89. The van der Waals surface area contributed by atoms with Crippen LogP contribution in [0.3, 0.4) is 0 Å². The summed E-state index contributed by atoms with van der Waals surface area (Å²) in [5.41, 5.74) is 5.13. The Labute approximate surface area is 242 Å². The molecule has 4 rings (SSSR count). The number of ketones is 1. The van der Waals surface area contributed by atoms with Gasteiger partial charge in [-0.15, -0.1) is 0 Å². The normalized spacial score (nSPS) is 27.3. The highest BCUT2D eigenvalue weighted by Gasteiger charge is 2.69. The van der Waals surface area contributed by atoms with Crippen molar-refractivity contribution in [3.05, 3.63) is 0 Å². The second-order valence-corrected chi connectivity index (χ2v) is 13.7. The van der Waals surface area contributed by atoms with Gasteiger partial charge in [-0.1, -0.05) is 59.8 Å². The molecule has 228 valence electrons. The van der Waals surface area contributed by atoms with E-state index in [4.69, 9.17) is 5.73 Å². The number of nitrogens with zero attached hydrogens (tertiary/aromatic N) is 1. The van der Waals surface area contributed by atoms with Crippen molar-refractivity contribution in [1.29, 1.82) is 0 Å². The molecule has 41 heavy (non-hydrogen) atoms. The van der Waals surface area contributed by atoms with Gasteiger partial charge in [0.2, 0.25) is 29.4 Å². The lowest BCUT2D eigenvalue weighted by molar-refractivity contribution is -0.146. The number of carbonyl (C=O) groups is 6. The first kappa shape index (κ1) is 31.0. The number of hydrogen-bond acceptors (Lipinski definition) is 6. The number of likely N-dealkylation sites (tertiary alicyclic amines) is 1. The highest BCUT2D eigenvalue weighted by Crippen LogP contribution is 2.65. The average Bonchev–Trinajstić information content (AvgIpc) is 3.76. The van der Waals surface area contributed by atoms with Crippen LogP contribution >= 0.6 is 0 Å². The van der Waals surface area contributed by atoms with Crippen molar-refractivity contribution in [1.82, 2.24) is 20.9 Å². The van der Waals surface area contributed by atoms with Crippen LogP contribution in [0, 0.1) is 35.0 Å². The van der Waals surface area contributed by atoms with Gasteiger partial charge in [-0.3, -0.25) is 28.8 Å². The molecule has 11 nitrogen and oxygen atoms in total. The number of Topliss-reactive ketones (excluding diaryl/α,β-unsaturated/α-hetero) is 1. The van der Waals surface area contributed by atoms with E-state index < -0.39 is 47.7 Å². The summed E-state index contributed by atoms with van der Waals surface area (Å²) in [5.74, 6) is -3.41. The summed E-state index contributed by atoms with van der Waals surface area (Å²) in [6.07, 6.45) is 6.74. The monoisotopic (exact) mass is 573 g/mol. The summed E-state index contributed by atoms with van der Waals surface area (Å²) in [5, 5.41) is 8.46. The van der Waals surface area contributed by atoms with Gasteiger partial charge in [-0.25, -0.2) is 0 Å². The van der Waals surface area contributed by atoms with Gasteiger partial charge in [0, 0.05) is 13.5 Å². The molecule has 0 aromatic heterocycles. The summed E-state index contributed by atoms with van der Waals surface area (Å²) in [6.45, 7) is 9.54. The fourth-order valence-corrected chi connectivity index (χ4v) is 7.18. The molecular formula is C30H47N5O6. The molecule has 4 aliphatic rings. The van der Waals surface area contributed by atoms with Crippen LogP contribution in [0.25, 0.3) is 0 Å². The SMILES string of the molecule is CC(=O)NC(C(=O)NC(C(=O)N1C[C@H]2[C@@H](C1C(=O)NC(CC1CC1)C(=O)C(N)=O)C2(C)C)C1CCCCC1)C(C)C. The van der Waals surface area contributed by atoms with Gasteiger partial charge in [0.25, 0.3) is 5.91 Å². The lowest BCUT2D eigenvalue weighted by atomic mass is 9.82. The van der Waals surface area contributed by atoms with E-state index in [0.717, 1.165) is 44.9 Å². The van der Waals surface area contributed by atoms with Gasteiger partial charge >= 0.3 is 0 Å². The molecule has 0 aromatic carbocycles. The van der Waals surface area contributed by atoms with Crippen molar-refractivity contribution in [2.75, 3.05) is 6.54 Å². The van der Waals surface area contributed by atoms with Crippen LogP contribution in [0.4, 0.5) is 0 Å². The zero-order valence-corrected chi connectivity index (χ0v) is 25.0. The lowest BCUT2D eigenvalue weighted by Crippen LogP contribution is -2.61. The van der Waals surface area contributed by atoms with Gasteiger partial charge < -0.3 is 26.6 Å². The number of primary amides is 1. The molecule has 1 saturated heterocycles. The Morgan fingerprint density at radius 3 is 2.10 bits per heavy atom. The molecule has 1 aliphatic heterocycles. The first-order valence-corrected chi connectivity index (χ1v) is 15.3. The van der Waals surface area contributed by atoms with Crippen LogP contribution in [-0.4, -0.2) is 70.9 Å². The molecule has 5 N–H and O–H groups in total. The van der Waals surface area contributed by atoms with Crippen molar-refractivity contribution >= 4 is 35.3 Å². The Kier molecular flexibility index (Phi) is 9.13. The predicted molar refractivity (Wildman–Crippen MR) is 151 cm³/mol. The van der Waals surface area contributed by atoms with Crippen LogP contribution in [0.5, 0.6) is 0 Å². The van der Waals surface area contributed by atoms with Gasteiger partial charge in [0.1, 0.15) is 18.1 Å². The zero-order chi connectivity index (χ0) is 30.2. The zero-order valence-electron chi connectivity index (χ0n) is 25.0. The van der Waals surface area contributed by atoms with Gasteiger partial charge in [0.15, 0.2) is 0 Å². The molecule has 11 heteroatoms. The van der Waals surface area contributed by atoms with E-state index >= 15 is 0 Å². The van der Waals surface area contributed by atoms with Crippen LogP contribution in [0.2, 0.25) is 0 Å². The minimum Gasteiger partial charge on any atom is -0.363 e. The van der Waals surface area contributed by atoms with E-state index in [0.29, 0.717) is 13.0 Å². The summed E-state index contributed by atoms with van der Waals surface area (Å²) >= 11 is 0. The highest BCUT2D eigenvalue weighted by molar-refractivity contribution is 6.37. The maximum Gasteiger partial charge on any atom is 0.287 e. The third kappa shape index (κ3) is 6.75. The minimum absolute atomic E-state index is 0.0851. The Morgan fingerprint density at radius 1 is 0.927 bits per heavy atom. The van der Waals surface area contributed by atoms with Crippen molar-refractivity contribution < 1.29 is 28.8 Å². The molecule has 1 heterocycles. The average molecular weight is 574 g/mol. The highest BCUT2D eigenvalue weighted by atomic mass is 16.2. The number of nitrogens with two attached hydrogens (primary N) is 1. The molecule has 5 amide bonds. The van der Waals surface area contributed by atoms with Gasteiger partial charge in [0.05, 0.1) is 6.04 Å². The molecule has 4 unspecified atom stereocenters. The summed E-state index contributed by atoms with van der Waals surface area (Å²) in [6, 6.07) is -3.45. The fourth-order valence-electron chi connectivity index (χ4n) is 7.18. The number of rotatable bonds is 12. The number of carbonyl (C=O) groups excluding carboxylic acids is 6. The molecule has 0 aromatic rings. The first-order chi connectivity index (χ1) is 19.2. The first-order valence-electron chi connectivity index (χ1n) is 15.3. The Hall–Kier alpha value is -2.98. The van der Waals surface area contributed by atoms with E-state index in [1.165, 1.54) is 6.92 Å². The van der Waals surface area contributed by atoms with Gasteiger partial charge in [-0.2, -0.15) is 0 Å². The Bertz CT molecular complexity index is 1080. The topological polar surface area (TPSA) is 168 Å². The van der Waals surface area contributed by atoms with Crippen molar-refractivity contribution in [2.45, 2.75) is 110 Å². The molecule has 3 aliphatic carbocycles. The van der Waals surface area contributed by atoms with Crippen molar-refractivity contribution in [3.63, 3.8) is 0 Å². The molecule has 0 spiro atoms. The Balaban J connectivity index is 1.58. The van der Waals surface area contributed by atoms with E-state index in [1.807, 2.05) is 13.8 Å². The second-order valence-electron chi connectivity index (χ2n) is 13.7. The lowest BCUT2D eigenvalue weighted by Gasteiger charge is -2.38. The molecular weight excluding hydrogens is 526 g/mol. The van der Waals surface area contributed by atoms with Gasteiger partial charge in [-0.05, 0) is 54.3 Å². The molecule has 4 fully saturated rings. The molecule has 6 atom stereocenters. The fraction of sp³-hybridized carbons (Fsp3) is 0.800. The third-order valence-corrected chi connectivity index (χ3v) is 9.89. The Morgan fingerprint density at radius 2 is 1.56 bits per heavy atom. The van der Waals surface area contributed by atoms with Crippen LogP contribution in [0.1, 0.15) is 86.0 Å². The number of nitrogens with one attached hydrogen (secondary N) is 3. The number of amides is 5. The number of piperidine rings is 1. The second kappa shape index (κ2) is 12.1. The van der Waals surface area contributed by atoms with Crippen LogP contribution in [0.15, 0.2) is 0 Å². The summed E-state index contributed by atoms with van der Waals surface area (Å²) in [7, 11) is 0. The maximum atomic E-state index is 14.3. The summed E-state index contributed by atoms with van der Waals surface area (Å²) < 4.78 is 0. The number of fused-ring (bicyclic) bond motifs is 1. The van der Waals surface area contributed by atoms with Crippen molar-refractivity contribution in [2.24, 2.45) is 40.7 Å². The molecule has 3 saturated carbocycles.